The predicted octanol–water partition coefficient (Wildman–Crippen LogP) is 5.84. The molecule has 0 bridgehead atoms. The highest BCUT2D eigenvalue weighted by Crippen LogP contribution is 2.37. The molecule has 0 spiro atoms. The zero-order valence-corrected chi connectivity index (χ0v) is 21.9. The molecule has 1 saturated carbocycles. The predicted molar refractivity (Wildman–Crippen MR) is 139 cm³/mol. The van der Waals surface area contributed by atoms with Gasteiger partial charge in [0.15, 0.2) is 0 Å². The zero-order valence-electron chi connectivity index (χ0n) is 20.4. The molecule has 2 amide bonds. The second-order valence-corrected chi connectivity index (χ2v) is 11.3. The van der Waals surface area contributed by atoms with Crippen LogP contribution in [-0.2, 0) is 11.2 Å². The van der Waals surface area contributed by atoms with E-state index in [9.17, 15) is 23.5 Å². The maximum absolute atomic E-state index is 13.5. The molecular weight excluding hydrogens is 521 g/mol. The third kappa shape index (κ3) is 5.64. The van der Waals surface area contributed by atoms with Crippen LogP contribution in [0.4, 0.5) is 8.78 Å². The van der Waals surface area contributed by atoms with Gasteiger partial charge in [-0.15, -0.1) is 0 Å². The molecule has 1 atom stereocenters. The number of benzene rings is 2. The second kappa shape index (κ2) is 10.5. The van der Waals surface area contributed by atoms with Gasteiger partial charge in [-0.1, -0.05) is 35.3 Å². The summed E-state index contributed by atoms with van der Waals surface area (Å²) in [7, 11) is 0. The number of halogens is 4. The summed E-state index contributed by atoms with van der Waals surface area (Å²) in [6, 6.07) is 10.6. The first kappa shape index (κ1) is 26.4. The van der Waals surface area contributed by atoms with E-state index < -0.39 is 18.4 Å². The lowest BCUT2D eigenvalue weighted by Crippen LogP contribution is -2.41. The molecule has 198 valence electrons. The van der Waals surface area contributed by atoms with Gasteiger partial charge >= 0.3 is 0 Å². The standard InChI is InChI=1S/C28H30Cl2F2N2O3/c29-24-14-20(17-1-3-18(4-2-17)26(36)33-12-10-28(31,32)16-33)15-25(30)23(24)13-19-9-11-34(27(19)37)21-5-7-22(35)8-6-21/h1-4,14-15,19,21-22,35H,5-13,16H2/t19-,21-,22+/m0/s1. The van der Waals surface area contributed by atoms with E-state index in [-0.39, 0.29) is 36.9 Å². The van der Waals surface area contributed by atoms with E-state index in [1.54, 1.807) is 36.4 Å². The number of aliphatic hydroxyl groups excluding tert-OH is 1. The van der Waals surface area contributed by atoms with Crippen LogP contribution in [0.2, 0.25) is 10.0 Å². The van der Waals surface area contributed by atoms with E-state index >= 15 is 0 Å². The van der Waals surface area contributed by atoms with E-state index in [2.05, 4.69) is 0 Å². The summed E-state index contributed by atoms with van der Waals surface area (Å²) >= 11 is 13.3. The number of carbonyl (C=O) groups excluding carboxylic acids is 2. The topological polar surface area (TPSA) is 60.9 Å². The second-order valence-electron chi connectivity index (χ2n) is 10.5. The Labute approximate surface area is 225 Å². The van der Waals surface area contributed by atoms with Crippen molar-refractivity contribution in [3.8, 4) is 11.1 Å². The molecule has 9 heteroatoms. The lowest BCUT2D eigenvalue weighted by atomic mass is 9.92. The van der Waals surface area contributed by atoms with Crippen molar-refractivity contribution in [2.45, 2.75) is 63.0 Å². The van der Waals surface area contributed by atoms with Crippen LogP contribution in [0.1, 0.15) is 54.4 Å². The highest BCUT2D eigenvalue weighted by atomic mass is 35.5. The normalized spacial score (nSPS) is 25.6. The zero-order chi connectivity index (χ0) is 26.3. The maximum atomic E-state index is 13.5. The molecule has 0 aromatic heterocycles. The van der Waals surface area contributed by atoms with Crippen molar-refractivity contribution in [3.63, 3.8) is 0 Å². The van der Waals surface area contributed by atoms with Gasteiger partial charge < -0.3 is 14.9 Å². The first-order valence-electron chi connectivity index (χ1n) is 12.9. The Morgan fingerprint density at radius 2 is 1.62 bits per heavy atom. The van der Waals surface area contributed by atoms with Gasteiger partial charge in [-0.2, -0.15) is 0 Å². The van der Waals surface area contributed by atoms with Gasteiger partial charge in [-0.3, -0.25) is 9.59 Å². The van der Waals surface area contributed by atoms with Crippen molar-refractivity contribution in [2.24, 2.45) is 5.92 Å². The summed E-state index contributed by atoms with van der Waals surface area (Å²) in [5.41, 5.74) is 2.66. The van der Waals surface area contributed by atoms with E-state index in [1.807, 2.05) is 4.90 Å². The van der Waals surface area contributed by atoms with Crippen LogP contribution in [0.3, 0.4) is 0 Å². The minimum absolute atomic E-state index is 0.0469. The molecule has 37 heavy (non-hydrogen) atoms. The monoisotopic (exact) mass is 550 g/mol. The average Bonchev–Trinajstić information content (AvgIpc) is 3.42. The highest BCUT2D eigenvalue weighted by Gasteiger charge is 2.40. The smallest absolute Gasteiger partial charge is 0.267 e. The third-order valence-electron chi connectivity index (χ3n) is 7.97. The lowest BCUT2D eigenvalue weighted by Gasteiger charge is -2.33. The fourth-order valence-corrected chi connectivity index (χ4v) is 6.43. The quantitative estimate of drug-likeness (QED) is 0.509. The van der Waals surface area contributed by atoms with Crippen LogP contribution in [0.15, 0.2) is 36.4 Å². The maximum Gasteiger partial charge on any atom is 0.267 e. The van der Waals surface area contributed by atoms with Crippen LogP contribution < -0.4 is 0 Å². The summed E-state index contributed by atoms with van der Waals surface area (Å²) in [6.45, 7) is 0.217. The van der Waals surface area contributed by atoms with Gasteiger partial charge in [0.25, 0.3) is 11.8 Å². The van der Waals surface area contributed by atoms with Crippen molar-refractivity contribution >= 4 is 35.0 Å². The Bertz CT molecular complexity index is 1160. The molecule has 2 heterocycles. The summed E-state index contributed by atoms with van der Waals surface area (Å²) < 4.78 is 27.0. The van der Waals surface area contributed by atoms with Crippen molar-refractivity contribution in [3.05, 3.63) is 57.6 Å². The van der Waals surface area contributed by atoms with Gasteiger partial charge in [-0.05, 0) is 79.5 Å². The molecule has 2 aromatic carbocycles. The van der Waals surface area contributed by atoms with E-state index in [4.69, 9.17) is 23.2 Å². The highest BCUT2D eigenvalue weighted by molar-refractivity contribution is 6.36. The van der Waals surface area contributed by atoms with Crippen molar-refractivity contribution in [1.82, 2.24) is 9.80 Å². The molecule has 2 aromatic rings. The fraction of sp³-hybridized carbons (Fsp3) is 0.500. The van der Waals surface area contributed by atoms with E-state index in [1.165, 1.54) is 4.90 Å². The number of rotatable bonds is 5. The number of alkyl halides is 2. The van der Waals surface area contributed by atoms with Crippen molar-refractivity contribution in [1.29, 1.82) is 0 Å². The summed E-state index contributed by atoms with van der Waals surface area (Å²) in [6.07, 6.45) is 3.81. The Morgan fingerprint density at radius 3 is 2.22 bits per heavy atom. The molecule has 3 fully saturated rings. The van der Waals surface area contributed by atoms with Crippen LogP contribution in [-0.4, -0.2) is 64.4 Å². The summed E-state index contributed by atoms with van der Waals surface area (Å²) in [5.74, 6) is -3.27. The van der Waals surface area contributed by atoms with Crippen molar-refractivity contribution < 1.29 is 23.5 Å². The van der Waals surface area contributed by atoms with Gasteiger partial charge in [0.2, 0.25) is 5.91 Å². The number of hydrogen-bond acceptors (Lipinski definition) is 3. The summed E-state index contributed by atoms with van der Waals surface area (Å²) in [5, 5.41) is 10.7. The van der Waals surface area contributed by atoms with E-state index in [0.29, 0.717) is 22.0 Å². The summed E-state index contributed by atoms with van der Waals surface area (Å²) in [4.78, 5) is 28.8. The molecule has 5 rings (SSSR count). The molecule has 1 N–H and O–H groups in total. The Morgan fingerprint density at radius 1 is 0.973 bits per heavy atom. The van der Waals surface area contributed by atoms with Gasteiger partial charge in [0.05, 0.1) is 12.6 Å². The minimum atomic E-state index is -2.83. The van der Waals surface area contributed by atoms with E-state index in [0.717, 1.165) is 55.3 Å². The Hall–Kier alpha value is -2.22. The molecule has 0 radical (unpaired) electrons. The van der Waals surface area contributed by atoms with Crippen LogP contribution in [0.25, 0.3) is 11.1 Å². The molecule has 0 unspecified atom stereocenters. The number of amides is 2. The number of aliphatic hydroxyl groups is 1. The van der Waals surface area contributed by atoms with Crippen LogP contribution in [0.5, 0.6) is 0 Å². The molecule has 2 aliphatic heterocycles. The van der Waals surface area contributed by atoms with Gasteiger partial charge in [-0.25, -0.2) is 8.78 Å². The molecule has 3 aliphatic rings. The van der Waals surface area contributed by atoms with Crippen molar-refractivity contribution in [2.75, 3.05) is 19.6 Å². The van der Waals surface area contributed by atoms with Gasteiger partial charge in [0.1, 0.15) is 0 Å². The fourth-order valence-electron chi connectivity index (χ4n) is 5.79. The third-order valence-corrected chi connectivity index (χ3v) is 8.65. The lowest BCUT2D eigenvalue weighted by molar-refractivity contribution is -0.133. The van der Waals surface area contributed by atoms with Crippen LogP contribution >= 0.6 is 23.2 Å². The molecule has 1 aliphatic carbocycles. The first-order valence-corrected chi connectivity index (χ1v) is 13.6. The first-order chi connectivity index (χ1) is 17.6. The Kier molecular flexibility index (Phi) is 7.49. The number of nitrogens with zero attached hydrogens (tertiary/aromatic N) is 2. The van der Waals surface area contributed by atoms with Crippen LogP contribution in [0, 0.1) is 5.92 Å². The number of likely N-dealkylation sites (tertiary alicyclic amines) is 2. The molecule has 5 nitrogen and oxygen atoms in total. The molecule has 2 saturated heterocycles. The van der Waals surface area contributed by atoms with Gasteiger partial charge in [0, 0.05) is 47.1 Å². The Balaban J connectivity index is 1.26. The minimum Gasteiger partial charge on any atom is -0.393 e. The largest absolute Gasteiger partial charge is 0.393 e. The molecular formula is C28H30Cl2F2N2O3. The number of carbonyl (C=O) groups is 2. The SMILES string of the molecule is O=C(c1ccc(-c2cc(Cl)c(C[C@@H]3CCN([C@H]4CC[C@@H](O)CC4)C3=O)c(Cl)c2)cc1)N1CCC(F)(F)C1. The average molecular weight is 551 g/mol. The number of hydrogen-bond donors (Lipinski definition) is 1.